The van der Waals surface area contributed by atoms with Crippen molar-refractivity contribution < 1.29 is 19.1 Å². The smallest absolute Gasteiger partial charge is 0.355 e. The molecular weight excluding hydrogens is 352 g/mol. The Morgan fingerprint density at radius 3 is 2.64 bits per heavy atom. The summed E-state index contributed by atoms with van der Waals surface area (Å²) in [4.78, 5) is 37.7. The third-order valence-electron chi connectivity index (χ3n) is 2.78. The van der Waals surface area contributed by atoms with Gasteiger partial charge in [-0.3, -0.25) is 9.59 Å². The zero-order chi connectivity index (χ0) is 16.1. The van der Waals surface area contributed by atoms with Gasteiger partial charge in [-0.1, -0.05) is 12.1 Å². The zero-order valence-electron chi connectivity index (χ0n) is 11.7. The molecule has 2 aromatic rings. The van der Waals surface area contributed by atoms with Gasteiger partial charge in [-0.25, -0.2) is 4.79 Å². The number of ketones is 1. The summed E-state index contributed by atoms with van der Waals surface area (Å²) in [5, 5.41) is 2.55. The van der Waals surface area contributed by atoms with Gasteiger partial charge in [0, 0.05) is 16.2 Å². The Bertz CT molecular complexity index is 724. The quantitative estimate of drug-likeness (QED) is 0.630. The zero-order valence-corrected chi connectivity index (χ0v) is 13.3. The second kappa shape index (κ2) is 7.04. The van der Waals surface area contributed by atoms with E-state index >= 15 is 0 Å². The standard InChI is InChI=1S/C15H13BrN2O4/c1-9(19)11-4-2-3-5-12(11)18-14(20)8-22-15(21)13-6-10(16)7-17-13/h2-7,17H,8H2,1H3,(H,18,20). The molecule has 1 aromatic carbocycles. The molecule has 0 aliphatic rings. The average Bonchev–Trinajstić information content (AvgIpc) is 2.92. The number of rotatable bonds is 5. The van der Waals surface area contributed by atoms with Crippen LogP contribution in [0.4, 0.5) is 5.69 Å². The van der Waals surface area contributed by atoms with Gasteiger partial charge in [0.1, 0.15) is 5.69 Å². The third-order valence-corrected chi connectivity index (χ3v) is 3.24. The first-order valence-electron chi connectivity index (χ1n) is 6.38. The molecule has 2 N–H and O–H groups in total. The summed E-state index contributed by atoms with van der Waals surface area (Å²) in [5.41, 5.74) is 1.03. The molecule has 1 heterocycles. The fraction of sp³-hybridized carbons (Fsp3) is 0.133. The van der Waals surface area contributed by atoms with E-state index in [2.05, 4.69) is 26.2 Å². The number of carbonyl (C=O) groups is 3. The second-order valence-electron chi connectivity index (χ2n) is 4.46. The molecule has 6 nitrogen and oxygen atoms in total. The van der Waals surface area contributed by atoms with Crippen LogP contribution in [-0.4, -0.2) is 29.3 Å². The van der Waals surface area contributed by atoms with E-state index in [1.54, 1.807) is 36.5 Å². The Morgan fingerprint density at radius 2 is 2.00 bits per heavy atom. The Morgan fingerprint density at radius 1 is 1.27 bits per heavy atom. The molecule has 0 saturated carbocycles. The number of para-hydroxylation sites is 1. The van der Waals surface area contributed by atoms with Gasteiger partial charge in [0.15, 0.2) is 12.4 Å². The van der Waals surface area contributed by atoms with Crippen molar-refractivity contribution in [3.8, 4) is 0 Å². The van der Waals surface area contributed by atoms with Crippen molar-refractivity contribution >= 4 is 39.3 Å². The van der Waals surface area contributed by atoms with E-state index in [0.717, 1.165) is 0 Å². The highest BCUT2D eigenvalue weighted by molar-refractivity contribution is 9.10. The molecule has 7 heteroatoms. The number of Topliss-reactive ketones (excluding diaryl/α,β-unsaturated/α-hetero) is 1. The molecule has 1 aromatic heterocycles. The maximum atomic E-state index is 11.8. The highest BCUT2D eigenvalue weighted by Gasteiger charge is 2.13. The van der Waals surface area contributed by atoms with Crippen LogP contribution in [0.1, 0.15) is 27.8 Å². The van der Waals surface area contributed by atoms with Crippen LogP contribution in [0.2, 0.25) is 0 Å². The minimum Gasteiger partial charge on any atom is -0.451 e. The number of hydrogen-bond donors (Lipinski definition) is 2. The fourth-order valence-electron chi connectivity index (χ4n) is 1.78. The number of esters is 1. The Labute approximate surface area is 135 Å². The highest BCUT2D eigenvalue weighted by atomic mass is 79.9. The molecule has 2 rings (SSSR count). The molecule has 0 unspecified atom stereocenters. The van der Waals surface area contributed by atoms with Crippen LogP contribution in [-0.2, 0) is 9.53 Å². The van der Waals surface area contributed by atoms with E-state index in [4.69, 9.17) is 4.74 Å². The molecule has 0 atom stereocenters. The number of amides is 1. The molecule has 0 fully saturated rings. The lowest BCUT2D eigenvalue weighted by Gasteiger charge is -2.09. The SMILES string of the molecule is CC(=O)c1ccccc1NC(=O)COC(=O)c1cc(Br)c[nH]1. The molecule has 0 spiro atoms. The largest absolute Gasteiger partial charge is 0.451 e. The molecule has 1 amide bonds. The second-order valence-corrected chi connectivity index (χ2v) is 5.37. The number of anilines is 1. The molecule has 0 aliphatic carbocycles. The van der Waals surface area contributed by atoms with Crippen LogP contribution in [0.25, 0.3) is 0 Å². The van der Waals surface area contributed by atoms with Crippen molar-refractivity contribution in [3.63, 3.8) is 0 Å². The lowest BCUT2D eigenvalue weighted by molar-refractivity contribution is -0.119. The van der Waals surface area contributed by atoms with Crippen molar-refractivity contribution in [3.05, 3.63) is 52.3 Å². The summed E-state index contributed by atoms with van der Waals surface area (Å²) >= 11 is 3.20. The van der Waals surface area contributed by atoms with Gasteiger partial charge in [-0.05, 0) is 41.1 Å². The summed E-state index contributed by atoms with van der Waals surface area (Å²) < 4.78 is 5.60. The van der Waals surface area contributed by atoms with Crippen LogP contribution in [0.3, 0.4) is 0 Å². The Hall–Kier alpha value is -2.41. The predicted molar refractivity (Wildman–Crippen MR) is 83.9 cm³/mol. The number of aromatic amines is 1. The van der Waals surface area contributed by atoms with Gasteiger partial charge in [0.2, 0.25) is 0 Å². The van der Waals surface area contributed by atoms with Gasteiger partial charge in [0.05, 0.1) is 5.69 Å². The first-order valence-corrected chi connectivity index (χ1v) is 7.17. The Balaban J connectivity index is 1.94. The topological polar surface area (TPSA) is 88.3 Å². The first-order chi connectivity index (χ1) is 10.5. The molecule has 22 heavy (non-hydrogen) atoms. The fourth-order valence-corrected chi connectivity index (χ4v) is 2.12. The number of hydrogen-bond acceptors (Lipinski definition) is 4. The minimum absolute atomic E-state index is 0.163. The number of halogens is 1. The minimum atomic E-state index is -0.638. The maximum absolute atomic E-state index is 11.8. The number of nitrogens with one attached hydrogen (secondary N) is 2. The average molecular weight is 365 g/mol. The summed E-state index contributed by atoms with van der Waals surface area (Å²) in [6.07, 6.45) is 1.58. The van der Waals surface area contributed by atoms with Gasteiger partial charge in [-0.15, -0.1) is 0 Å². The van der Waals surface area contributed by atoms with Gasteiger partial charge >= 0.3 is 5.97 Å². The summed E-state index contributed by atoms with van der Waals surface area (Å²) in [6.45, 7) is 0.968. The highest BCUT2D eigenvalue weighted by Crippen LogP contribution is 2.15. The summed E-state index contributed by atoms with van der Waals surface area (Å²) in [5.74, 6) is -1.32. The number of aromatic nitrogens is 1. The maximum Gasteiger partial charge on any atom is 0.355 e. The van der Waals surface area contributed by atoms with Gasteiger partial charge in [0.25, 0.3) is 5.91 Å². The predicted octanol–water partition coefficient (Wildman–Crippen LogP) is 2.78. The Kier molecular flexibility index (Phi) is 5.11. The number of ether oxygens (including phenoxy) is 1. The first kappa shape index (κ1) is 16.0. The van der Waals surface area contributed by atoms with Crippen LogP contribution in [0.15, 0.2) is 41.0 Å². The molecule has 0 radical (unpaired) electrons. The molecule has 0 saturated heterocycles. The van der Waals surface area contributed by atoms with Crippen molar-refractivity contribution in [2.75, 3.05) is 11.9 Å². The van der Waals surface area contributed by atoms with E-state index in [0.29, 0.717) is 15.7 Å². The lowest BCUT2D eigenvalue weighted by Crippen LogP contribution is -2.22. The van der Waals surface area contributed by atoms with Crippen LogP contribution >= 0.6 is 15.9 Å². The van der Waals surface area contributed by atoms with Crippen LogP contribution in [0, 0.1) is 0 Å². The molecule has 0 aliphatic heterocycles. The van der Waals surface area contributed by atoms with E-state index in [1.165, 1.54) is 6.92 Å². The van der Waals surface area contributed by atoms with Gasteiger partial charge < -0.3 is 15.0 Å². The van der Waals surface area contributed by atoms with Gasteiger partial charge in [-0.2, -0.15) is 0 Å². The normalized spacial score (nSPS) is 10.1. The lowest BCUT2D eigenvalue weighted by atomic mass is 10.1. The van der Waals surface area contributed by atoms with E-state index in [9.17, 15) is 14.4 Å². The van der Waals surface area contributed by atoms with Crippen molar-refractivity contribution in [1.82, 2.24) is 4.98 Å². The van der Waals surface area contributed by atoms with E-state index in [-0.39, 0.29) is 11.5 Å². The number of H-pyrrole nitrogens is 1. The van der Waals surface area contributed by atoms with Crippen molar-refractivity contribution in [2.24, 2.45) is 0 Å². The monoisotopic (exact) mass is 364 g/mol. The number of carbonyl (C=O) groups excluding carboxylic acids is 3. The van der Waals surface area contributed by atoms with E-state index < -0.39 is 18.5 Å². The number of benzene rings is 1. The van der Waals surface area contributed by atoms with E-state index in [1.807, 2.05) is 0 Å². The molecular formula is C15H13BrN2O4. The third kappa shape index (κ3) is 4.05. The van der Waals surface area contributed by atoms with Crippen molar-refractivity contribution in [2.45, 2.75) is 6.92 Å². The summed E-state index contributed by atoms with van der Waals surface area (Å²) in [7, 11) is 0. The summed E-state index contributed by atoms with van der Waals surface area (Å²) in [6, 6.07) is 8.17. The molecule has 0 bridgehead atoms. The van der Waals surface area contributed by atoms with Crippen LogP contribution in [0.5, 0.6) is 0 Å². The van der Waals surface area contributed by atoms with Crippen molar-refractivity contribution in [1.29, 1.82) is 0 Å². The van der Waals surface area contributed by atoms with Crippen LogP contribution < -0.4 is 5.32 Å². The molecule has 114 valence electrons.